The Morgan fingerprint density at radius 1 is 1.08 bits per heavy atom. The fraction of sp³-hybridized carbons (Fsp3) is 0.600. The molecule has 1 aromatic carbocycles. The number of carbonyl (C=O) groups is 2. The smallest absolute Gasteiger partial charge is 0.282 e. The summed E-state index contributed by atoms with van der Waals surface area (Å²) in [4.78, 5) is 23.7. The molecule has 0 saturated heterocycles. The first-order chi connectivity index (χ1) is 11.9. The molecule has 134 valence electrons. The molecule has 5 N–H and O–H groups in total. The van der Waals surface area contributed by atoms with Crippen LogP contribution in [0.4, 0.5) is 5.69 Å². The Kier molecular flexibility index (Phi) is 4.07. The Morgan fingerprint density at radius 3 is 2.08 bits per heavy atom. The molecule has 4 aliphatic carbocycles. The number of nitrogens with one attached hydrogen (secondary N) is 1. The van der Waals surface area contributed by atoms with Gasteiger partial charge in [-0.3, -0.25) is 9.59 Å². The van der Waals surface area contributed by atoms with E-state index in [2.05, 4.69) is 10.6 Å². The van der Waals surface area contributed by atoms with Gasteiger partial charge in [-0.15, -0.1) is 0 Å². The minimum Gasteiger partial charge on any atom is -0.366 e. The van der Waals surface area contributed by atoms with E-state index in [0.29, 0.717) is 16.8 Å². The van der Waals surface area contributed by atoms with Crippen LogP contribution in [0.1, 0.15) is 55.8 Å². The van der Waals surface area contributed by atoms with E-state index in [1.54, 1.807) is 24.3 Å². The molecule has 25 heavy (non-hydrogen) atoms. The number of primary amides is 1. The number of amides is 2. The molecular weight excluding hydrogens is 314 g/mol. The minimum atomic E-state index is -0.457. The van der Waals surface area contributed by atoms with E-state index in [0.717, 1.165) is 17.8 Å². The first kappa shape index (κ1) is 16.6. The molecule has 1 aromatic rings. The van der Waals surface area contributed by atoms with Crippen molar-refractivity contribution < 1.29 is 14.9 Å². The largest absolute Gasteiger partial charge is 0.366 e. The number of nitrogens with two attached hydrogens (primary N) is 2. The highest BCUT2D eigenvalue weighted by atomic mass is 16.2. The molecule has 4 fully saturated rings. The highest BCUT2D eigenvalue weighted by molar-refractivity contribution is 5.95. The van der Waals surface area contributed by atoms with Crippen LogP contribution in [0.15, 0.2) is 24.3 Å². The summed E-state index contributed by atoms with van der Waals surface area (Å²) in [5.41, 5.74) is 6.70. The molecule has 0 aliphatic heterocycles. The number of rotatable bonds is 5. The lowest BCUT2D eigenvalue weighted by molar-refractivity contribution is -0.754. The molecule has 0 heterocycles. The van der Waals surface area contributed by atoms with Crippen LogP contribution < -0.4 is 16.4 Å². The van der Waals surface area contributed by atoms with Crippen LogP contribution in [0.3, 0.4) is 0 Å². The van der Waals surface area contributed by atoms with E-state index in [1.165, 1.54) is 38.5 Å². The van der Waals surface area contributed by atoms with Gasteiger partial charge in [0.15, 0.2) is 6.04 Å². The highest BCUT2D eigenvalue weighted by Gasteiger charge is 2.54. The van der Waals surface area contributed by atoms with Crippen LogP contribution in [-0.4, -0.2) is 23.4 Å². The summed E-state index contributed by atoms with van der Waals surface area (Å²) in [6, 6.07) is 6.65. The second kappa shape index (κ2) is 6.13. The van der Waals surface area contributed by atoms with E-state index in [4.69, 9.17) is 5.73 Å². The summed E-state index contributed by atoms with van der Waals surface area (Å²) in [6.07, 6.45) is 8.09. The third-order valence-corrected chi connectivity index (χ3v) is 6.54. The van der Waals surface area contributed by atoms with Gasteiger partial charge in [0.1, 0.15) is 0 Å². The molecule has 5 rings (SSSR count). The Labute approximate surface area is 148 Å². The van der Waals surface area contributed by atoms with Crippen molar-refractivity contribution in [3.05, 3.63) is 29.8 Å². The van der Waals surface area contributed by atoms with Crippen LogP contribution in [0, 0.1) is 17.8 Å². The summed E-state index contributed by atoms with van der Waals surface area (Å²) >= 11 is 0. The van der Waals surface area contributed by atoms with Crippen molar-refractivity contribution in [3.63, 3.8) is 0 Å². The molecule has 4 bridgehead atoms. The molecular formula is C20H28N3O2+. The highest BCUT2D eigenvalue weighted by Crippen LogP contribution is 2.54. The summed E-state index contributed by atoms with van der Waals surface area (Å²) in [5.74, 6) is 2.24. The number of quaternary nitrogens is 1. The van der Waals surface area contributed by atoms with Gasteiger partial charge < -0.3 is 16.4 Å². The first-order valence-electron chi connectivity index (χ1n) is 9.49. The van der Waals surface area contributed by atoms with Crippen LogP contribution in [0.25, 0.3) is 0 Å². The fourth-order valence-electron chi connectivity index (χ4n) is 5.96. The van der Waals surface area contributed by atoms with Crippen LogP contribution >= 0.6 is 0 Å². The molecule has 4 saturated carbocycles. The third-order valence-electron chi connectivity index (χ3n) is 6.54. The van der Waals surface area contributed by atoms with Gasteiger partial charge in [0.05, 0.1) is 5.54 Å². The predicted molar refractivity (Wildman–Crippen MR) is 95.9 cm³/mol. The lowest BCUT2D eigenvalue weighted by Gasteiger charge is -2.55. The maximum atomic E-state index is 12.6. The number of hydrogen-bond donors (Lipinski definition) is 3. The van der Waals surface area contributed by atoms with E-state index in [9.17, 15) is 9.59 Å². The van der Waals surface area contributed by atoms with Crippen molar-refractivity contribution in [2.75, 3.05) is 5.32 Å². The summed E-state index contributed by atoms with van der Waals surface area (Å²) in [7, 11) is 0. The lowest BCUT2D eigenvalue weighted by atomic mass is 9.53. The normalized spacial score (nSPS) is 33.9. The second-order valence-electron chi connectivity index (χ2n) is 8.67. The fourth-order valence-corrected chi connectivity index (χ4v) is 5.96. The predicted octanol–water partition coefficient (Wildman–Crippen LogP) is 1.64. The molecule has 0 spiro atoms. The topological polar surface area (TPSA) is 88.8 Å². The maximum Gasteiger partial charge on any atom is 0.282 e. The Morgan fingerprint density at radius 2 is 1.60 bits per heavy atom. The van der Waals surface area contributed by atoms with Crippen molar-refractivity contribution in [1.29, 1.82) is 0 Å². The third kappa shape index (κ3) is 3.30. The Balaban J connectivity index is 1.38. The number of anilines is 1. The van der Waals surface area contributed by atoms with Gasteiger partial charge in [0, 0.05) is 30.5 Å². The van der Waals surface area contributed by atoms with E-state index in [1.807, 2.05) is 6.92 Å². The summed E-state index contributed by atoms with van der Waals surface area (Å²) < 4.78 is 0. The molecule has 5 heteroatoms. The molecule has 4 aliphatic rings. The lowest BCUT2D eigenvalue weighted by Crippen LogP contribution is -3.03. The number of benzene rings is 1. The van der Waals surface area contributed by atoms with Gasteiger partial charge in [0.2, 0.25) is 5.91 Å². The standard InChI is InChI=1S/C20H27N3O2/c1-12(19(25)22-17-4-2-16(3-5-17)18(21)24)23-20-9-13-6-14(10-20)8-15(7-13)11-20/h2-5,12-15,23H,6-11H2,1H3,(H2,21,24)(H,22,25)/p+1/t12-,13?,14?,15?,20?/m0/s1. The van der Waals surface area contributed by atoms with E-state index >= 15 is 0 Å². The molecule has 0 unspecified atom stereocenters. The first-order valence-corrected chi connectivity index (χ1v) is 9.49. The van der Waals surface area contributed by atoms with Gasteiger partial charge in [-0.1, -0.05) is 0 Å². The van der Waals surface area contributed by atoms with Crippen LogP contribution in [0.2, 0.25) is 0 Å². The SMILES string of the molecule is C[C@H]([NH2+]C12CC3CC(CC(C3)C1)C2)C(=O)Nc1ccc(C(N)=O)cc1. The maximum absolute atomic E-state index is 12.6. The average Bonchev–Trinajstić information content (AvgIpc) is 2.53. The molecule has 2 amide bonds. The molecule has 5 nitrogen and oxygen atoms in total. The summed E-state index contributed by atoms with van der Waals surface area (Å²) in [6.45, 7) is 2.01. The van der Waals surface area contributed by atoms with Gasteiger partial charge in [-0.05, 0) is 68.2 Å². The van der Waals surface area contributed by atoms with Crippen molar-refractivity contribution in [2.24, 2.45) is 23.5 Å². The number of carbonyl (C=O) groups excluding carboxylic acids is 2. The Bertz CT molecular complexity index is 647. The minimum absolute atomic E-state index is 0.0302. The van der Waals surface area contributed by atoms with E-state index < -0.39 is 5.91 Å². The van der Waals surface area contributed by atoms with Crippen molar-refractivity contribution in [2.45, 2.75) is 57.0 Å². The zero-order chi connectivity index (χ0) is 17.6. The zero-order valence-electron chi connectivity index (χ0n) is 14.8. The average molecular weight is 342 g/mol. The Hall–Kier alpha value is -1.88. The molecule has 1 atom stereocenters. The van der Waals surface area contributed by atoms with Crippen molar-refractivity contribution in [1.82, 2.24) is 0 Å². The second-order valence-corrected chi connectivity index (χ2v) is 8.67. The van der Waals surface area contributed by atoms with Gasteiger partial charge >= 0.3 is 0 Å². The van der Waals surface area contributed by atoms with Crippen LogP contribution in [0.5, 0.6) is 0 Å². The van der Waals surface area contributed by atoms with Gasteiger partial charge in [-0.25, -0.2) is 0 Å². The van der Waals surface area contributed by atoms with Gasteiger partial charge in [0.25, 0.3) is 5.91 Å². The van der Waals surface area contributed by atoms with Crippen molar-refractivity contribution >= 4 is 17.5 Å². The zero-order valence-corrected chi connectivity index (χ0v) is 14.8. The summed E-state index contributed by atoms with van der Waals surface area (Å²) in [5, 5.41) is 5.32. The van der Waals surface area contributed by atoms with Crippen molar-refractivity contribution in [3.8, 4) is 0 Å². The van der Waals surface area contributed by atoms with Gasteiger partial charge in [-0.2, -0.15) is 0 Å². The number of hydrogen-bond acceptors (Lipinski definition) is 2. The van der Waals surface area contributed by atoms with Crippen LogP contribution in [-0.2, 0) is 4.79 Å². The quantitative estimate of drug-likeness (QED) is 0.759. The molecule has 0 radical (unpaired) electrons. The van der Waals surface area contributed by atoms with E-state index in [-0.39, 0.29) is 11.9 Å². The molecule has 0 aromatic heterocycles. The monoisotopic (exact) mass is 342 g/mol.